The molecule has 5 atom stereocenters. The van der Waals surface area contributed by atoms with Gasteiger partial charge in [-0.15, -0.1) is 0 Å². The molecule has 0 aromatic rings. The van der Waals surface area contributed by atoms with Gasteiger partial charge in [-0.05, 0) is 62.2 Å². The van der Waals surface area contributed by atoms with Crippen LogP contribution in [0.25, 0.3) is 0 Å². The zero-order chi connectivity index (χ0) is 14.4. The van der Waals surface area contributed by atoms with E-state index < -0.39 is 0 Å². The Morgan fingerprint density at radius 3 is 2.52 bits per heavy atom. The van der Waals surface area contributed by atoms with Crippen LogP contribution >= 0.6 is 0 Å². The van der Waals surface area contributed by atoms with Gasteiger partial charge in [0.25, 0.3) is 0 Å². The highest BCUT2D eigenvalue weighted by Gasteiger charge is 2.54. The maximum absolute atomic E-state index is 12.9. The van der Waals surface area contributed by atoms with Gasteiger partial charge >= 0.3 is 0 Å². The predicted molar refractivity (Wildman–Crippen MR) is 83.5 cm³/mol. The first-order chi connectivity index (χ1) is 10.2. The van der Waals surface area contributed by atoms with Crippen molar-refractivity contribution in [3.05, 3.63) is 0 Å². The fraction of sp³-hybridized carbons (Fsp3) is 0.944. The molecule has 4 aliphatic rings. The topological polar surface area (TPSA) is 55.1 Å². The summed E-state index contributed by atoms with van der Waals surface area (Å²) in [6, 6.07) is 0.465. The van der Waals surface area contributed by atoms with E-state index in [0.717, 1.165) is 36.5 Å². The second kappa shape index (κ2) is 5.26. The van der Waals surface area contributed by atoms with Crippen LogP contribution in [0.4, 0.5) is 0 Å². The zero-order valence-electron chi connectivity index (χ0n) is 13.2. The van der Waals surface area contributed by atoms with Crippen molar-refractivity contribution in [1.29, 1.82) is 0 Å². The van der Waals surface area contributed by atoms with Gasteiger partial charge in [-0.1, -0.05) is 25.7 Å². The molecule has 0 aliphatic heterocycles. The molecule has 1 amide bonds. The summed E-state index contributed by atoms with van der Waals surface area (Å²) in [5.74, 6) is 3.91. The number of amides is 1. The van der Waals surface area contributed by atoms with E-state index in [9.17, 15) is 4.79 Å². The monoisotopic (exact) mass is 290 g/mol. The van der Waals surface area contributed by atoms with E-state index in [-0.39, 0.29) is 11.3 Å². The Balaban J connectivity index is 1.43. The summed E-state index contributed by atoms with van der Waals surface area (Å²) in [5.41, 5.74) is 5.77. The molecular formula is C18H30N2O. The van der Waals surface area contributed by atoms with Crippen LogP contribution in [-0.2, 0) is 4.79 Å². The van der Waals surface area contributed by atoms with Crippen LogP contribution < -0.4 is 11.1 Å². The number of rotatable bonds is 3. The molecule has 4 fully saturated rings. The molecule has 118 valence electrons. The van der Waals surface area contributed by atoms with Gasteiger partial charge in [0, 0.05) is 12.6 Å². The van der Waals surface area contributed by atoms with Crippen LogP contribution in [0.1, 0.15) is 64.2 Å². The van der Waals surface area contributed by atoms with Crippen LogP contribution in [0.5, 0.6) is 0 Å². The summed E-state index contributed by atoms with van der Waals surface area (Å²) in [5, 5.41) is 3.47. The lowest BCUT2D eigenvalue weighted by Crippen LogP contribution is -2.52. The molecule has 4 aliphatic carbocycles. The van der Waals surface area contributed by atoms with Crippen molar-refractivity contribution in [3.63, 3.8) is 0 Å². The highest BCUT2D eigenvalue weighted by Crippen LogP contribution is 2.58. The van der Waals surface area contributed by atoms with Crippen LogP contribution in [-0.4, -0.2) is 18.5 Å². The molecular weight excluding hydrogens is 260 g/mol. The summed E-state index contributed by atoms with van der Waals surface area (Å²) < 4.78 is 0. The summed E-state index contributed by atoms with van der Waals surface area (Å²) in [6.07, 6.45) is 12.6. The van der Waals surface area contributed by atoms with Crippen LogP contribution in [0.15, 0.2) is 0 Å². The van der Waals surface area contributed by atoms with Gasteiger partial charge < -0.3 is 11.1 Å². The van der Waals surface area contributed by atoms with E-state index in [4.69, 9.17) is 5.73 Å². The number of hydrogen-bond acceptors (Lipinski definition) is 2. The van der Waals surface area contributed by atoms with Crippen molar-refractivity contribution in [2.24, 2.45) is 34.8 Å². The van der Waals surface area contributed by atoms with Crippen LogP contribution in [0, 0.1) is 29.1 Å². The third-order valence-corrected chi connectivity index (χ3v) is 7.43. The normalized spacial score (nSPS) is 43.8. The van der Waals surface area contributed by atoms with E-state index in [0.29, 0.717) is 12.6 Å². The molecule has 2 bridgehead atoms. The van der Waals surface area contributed by atoms with Gasteiger partial charge in [0.1, 0.15) is 0 Å². The molecule has 0 aromatic heterocycles. The smallest absolute Gasteiger partial charge is 0.227 e. The largest absolute Gasteiger partial charge is 0.353 e. The van der Waals surface area contributed by atoms with Gasteiger partial charge in [0.05, 0.1) is 5.41 Å². The third kappa shape index (κ3) is 2.15. The second-order valence-electron chi connectivity index (χ2n) is 8.28. The quantitative estimate of drug-likeness (QED) is 0.840. The number of carbonyl (C=O) groups is 1. The predicted octanol–water partition coefficient (Wildman–Crippen LogP) is 2.84. The summed E-state index contributed by atoms with van der Waals surface area (Å²) in [7, 11) is 0. The van der Waals surface area contributed by atoms with Gasteiger partial charge in [0.2, 0.25) is 5.91 Å². The first kappa shape index (κ1) is 14.0. The SMILES string of the molecule is NCC1(C(=O)NC2CC3CC2C2CCCC32)CCCCC1. The summed E-state index contributed by atoms with van der Waals surface area (Å²) in [4.78, 5) is 12.9. The molecule has 3 nitrogen and oxygen atoms in total. The molecule has 4 rings (SSSR count). The summed E-state index contributed by atoms with van der Waals surface area (Å²) >= 11 is 0. The molecule has 0 heterocycles. The average molecular weight is 290 g/mol. The number of nitrogens with one attached hydrogen (secondary N) is 1. The molecule has 21 heavy (non-hydrogen) atoms. The third-order valence-electron chi connectivity index (χ3n) is 7.43. The minimum absolute atomic E-state index is 0.241. The molecule has 3 N–H and O–H groups in total. The Morgan fingerprint density at radius 2 is 1.76 bits per heavy atom. The van der Waals surface area contributed by atoms with E-state index in [2.05, 4.69) is 5.32 Å². The number of carbonyl (C=O) groups excluding carboxylic acids is 1. The lowest BCUT2D eigenvalue weighted by Gasteiger charge is -2.38. The standard InChI is InChI=1S/C18H30N2O/c19-11-18(7-2-1-3-8-18)17(21)20-16-10-12-9-15(16)14-6-4-5-13(12)14/h12-16H,1-11,19H2,(H,20,21). The van der Waals surface area contributed by atoms with E-state index in [1.165, 1.54) is 51.4 Å². The van der Waals surface area contributed by atoms with Crippen LogP contribution in [0.3, 0.4) is 0 Å². The van der Waals surface area contributed by atoms with E-state index in [1.54, 1.807) is 0 Å². The first-order valence-corrected chi connectivity index (χ1v) is 9.24. The molecule has 5 unspecified atom stereocenters. The molecule has 0 aromatic carbocycles. The highest BCUT2D eigenvalue weighted by molar-refractivity contribution is 5.83. The lowest BCUT2D eigenvalue weighted by molar-refractivity contribution is -0.133. The minimum atomic E-state index is -0.241. The molecule has 3 heteroatoms. The Labute approximate surface area is 128 Å². The summed E-state index contributed by atoms with van der Waals surface area (Å²) in [6.45, 7) is 0.533. The minimum Gasteiger partial charge on any atom is -0.353 e. The lowest BCUT2D eigenvalue weighted by atomic mass is 9.72. The maximum atomic E-state index is 12.9. The van der Waals surface area contributed by atoms with Crippen molar-refractivity contribution >= 4 is 5.91 Å². The molecule has 4 saturated carbocycles. The van der Waals surface area contributed by atoms with Crippen molar-refractivity contribution < 1.29 is 4.79 Å². The van der Waals surface area contributed by atoms with Crippen molar-refractivity contribution in [3.8, 4) is 0 Å². The van der Waals surface area contributed by atoms with Gasteiger partial charge in [-0.3, -0.25) is 4.79 Å². The Morgan fingerprint density at radius 1 is 1.00 bits per heavy atom. The van der Waals surface area contributed by atoms with Crippen molar-refractivity contribution in [2.75, 3.05) is 6.54 Å². The Kier molecular flexibility index (Phi) is 3.52. The first-order valence-electron chi connectivity index (χ1n) is 9.24. The van der Waals surface area contributed by atoms with E-state index >= 15 is 0 Å². The molecule has 0 radical (unpaired) electrons. The van der Waals surface area contributed by atoms with Gasteiger partial charge in [-0.25, -0.2) is 0 Å². The van der Waals surface area contributed by atoms with Gasteiger partial charge in [0.15, 0.2) is 0 Å². The second-order valence-corrected chi connectivity index (χ2v) is 8.28. The van der Waals surface area contributed by atoms with E-state index in [1.807, 2.05) is 0 Å². The van der Waals surface area contributed by atoms with Gasteiger partial charge in [-0.2, -0.15) is 0 Å². The highest BCUT2D eigenvalue weighted by atomic mass is 16.2. The average Bonchev–Trinajstić information content (AvgIpc) is 3.20. The Hall–Kier alpha value is -0.570. The maximum Gasteiger partial charge on any atom is 0.227 e. The van der Waals surface area contributed by atoms with Crippen molar-refractivity contribution in [2.45, 2.75) is 70.3 Å². The molecule has 0 spiro atoms. The fourth-order valence-corrected chi connectivity index (χ4v) is 6.31. The Bertz CT molecular complexity index is 415. The van der Waals surface area contributed by atoms with Crippen molar-refractivity contribution in [1.82, 2.24) is 5.32 Å². The molecule has 0 saturated heterocycles. The number of hydrogen-bond donors (Lipinski definition) is 2. The zero-order valence-corrected chi connectivity index (χ0v) is 13.2. The number of fused-ring (bicyclic) bond motifs is 5. The number of nitrogens with two attached hydrogens (primary N) is 1. The fourth-order valence-electron chi connectivity index (χ4n) is 6.31. The van der Waals surface area contributed by atoms with Crippen LogP contribution in [0.2, 0.25) is 0 Å².